The summed E-state index contributed by atoms with van der Waals surface area (Å²) >= 11 is 0. The average Bonchev–Trinajstić information content (AvgIpc) is 2.87. The van der Waals surface area contributed by atoms with Gasteiger partial charge in [-0.2, -0.15) is 0 Å². The van der Waals surface area contributed by atoms with E-state index in [9.17, 15) is 19.7 Å². The first-order valence-corrected chi connectivity index (χ1v) is 14.2. The molecule has 0 spiro atoms. The summed E-state index contributed by atoms with van der Waals surface area (Å²) in [5.74, 6) is 1.15. The molecular weight excluding hydrogens is 477 g/mol. The third-order valence-corrected chi connectivity index (χ3v) is 7.15. The average molecular weight is 514 g/mol. The van der Waals surface area contributed by atoms with Crippen molar-refractivity contribution in [2.75, 3.05) is 25.6 Å². The lowest BCUT2D eigenvalue weighted by molar-refractivity contribution is -0.0806. The van der Waals surface area contributed by atoms with E-state index in [1.165, 1.54) is 0 Å². The number of hydroxylamine groups is 2. The number of ether oxygens (including phenoxy) is 1. The molecule has 0 aliphatic heterocycles. The van der Waals surface area contributed by atoms with Gasteiger partial charge in [-0.05, 0) is 67.1 Å². The number of aliphatic hydroxyl groups is 2. The van der Waals surface area contributed by atoms with Crippen LogP contribution in [-0.2, 0) is 24.0 Å². The zero-order valence-corrected chi connectivity index (χ0v) is 21.6. The van der Waals surface area contributed by atoms with E-state index in [-0.39, 0.29) is 19.1 Å². The number of rotatable bonds is 15. The van der Waals surface area contributed by atoms with Crippen molar-refractivity contribution in [3.8, 4) is 11.5 Å². The van der Waals surface area contributed by atoms with Crippen LogP contribution in [0.1, 0.15) is 30.0 Å². The zero-order chi connectivity index (χ0) is 25.8. The van der Waals surface area contributed by atoms with Gasteiger partial charge < -0.3 is 24.7 Å². The molecule has 0 fully saturated rings. The molecule has 0 bridgehead atoms. The first-order chi connectivity index (χ1) is 17.3. The third-order valence-electron chi connectivity index (χ3n) is 5.61. The third kappa shape index (κ3) is 10.1. The quantitative estimate of drug-likeness (QED) is 0.201. The molecule has 3 rings (SSSR count). The highest BCUT2D eigenvalue weighted by molar-refractivity contribution is 7.57. The van der Waals surface area contributed by atoms with Crippen molar-refractivity contribution in [3.63, 3.8) is 0 Å². The number of nitrogens with zero attached hydrogens (tertiary/aromatic N) is 1. The first-order valence-electron chi connectivity index (χ1n) is 12.2. The molecule has 194 valence electrons. The maximum absolute atomic E-state index is 12.5. The summed E-state index contributed by atoms with van der Waals surface area (Å²) in [6.07, 6.45) is 1.52. The van der Waals surface area contributed by atoms with Crippen LogP contribution in [0.2, 0.25) is 0 Å². The molecule has 3 aromatic carbocycles. The van der Waals surface area contributed by atoms with E-state index in [1.807, 2.05) is 60.7 Å². The minimum absolute atomic E-state index is 0.0680. The summed E-state index contributed by atoms with van der Waals surface area (Å²) in [4.78, 5) is 16.2. The number of benzene rings is 3. The number of aryl methyl sites for hydroxylation is 1. The van der Waals surface area contributed by atoms with Crippen molar-refractivity contribution in [1.82, 2.24) is 5.06 Å². The Morgan fingerprint density at radius 2 is 1.58 bits per heavy atom. The van der Waals surface area contributed by atoms with Gasteiger partial charge in [0.1, 0.15) is 11.5 Å². The molecule has 7 nitrogen and oxygen atoms in total. The monoisotopic (exact) mass is 513 g/mol. The standard InChI is InChI=1S/C28H36NO6P/c1-23(31)20-29(35-28-11-5-9-26(19-28)21-30)17-16-25-12-14-27(15-13-25)34-22-36(32,33)18-6-10-24-7-3-2-4-8-24/h2-5,7-9,11-15,19,23,30-31H,6,10,16-18,20-22H2,1H3,(H,32,33). The summed E-state index contributed by atoms with van der Waals surface area (Å²) in [6.45, 7) is 2.51. The lowest BCUT2D eigenvalue weighted by Crippen LogP contribution is -2.35. The van der Waals surface area contributed by atoms with E-state index >= 15 is 0 Å². The van der Waals surface area contributed by atoms with Gasteiger partial charge in [-0.3, -0.25) is 4.57 Å². The molecule has 0 aliphatic rings. The molecule has 0 saturated heterocycles. The molecule has 0 heterocycles. The fourth-order valence-corrected chi connectivity index (χ4v) is 4.87. The summed E-state index contributed by atoms with van der Waals surface area (Å²) < 4.78 is 18.1. The Balaban J connectivity index is 1.46. The first kappa shape index (κ1) is 27.9. The van der Waals surface area contributed by atoms with Gasteiger partial charge in [0.25, 0.3) is 0 Å². The lowest BCUT2D eigenvalue weighted by Gasteiger charge is -2.24. The molecular formula is C28H36NO6P. The molecule has 8 heteroatoms. The van der Waals surface area contributed by atoms with Crippen LogP contribution in [0.25, 0.3) is 0 Å². The Kier molecular flexibility index (Phi) is 11.0. The van der Waals surface area contributed by atoms with E-state index in [2.05, 4.69) is 0 Å². The van der Waals surface area contributed by atoms with Crippen LogP contribution in [0.5, 0.6) is 11.5 Å². The van der Waals surface area contributed by atoms with Gasteiger partial charge >= 0.3 is 0 Å². The van der Waals surface area contributed by atoms with E-state index in [1.54, 1.807) is 30.2 Å². The predicted molar refractivity (Wildman–Crippen MR) is 141 cm³/mol. The van der Waals surface area contributed by atoms with Gasteiger partial charge in [0.05, 0.1) is 19.3 Å². The Hall–Kier alpha value is -2.67. The van der Waals surface area contributed by atoms with Gasteiger partial charge in [-0.15, -0.1) is 5.06 Å². The molecule has 3 N–H and O–H groups in total. The Labute approximate surface area is 213 Å². The zero-order valence-electron chi connectivity index (χ0n) is 20.7. The van der Waals surface area contributed by atoms with Crippen molar-refractivity contribution < 1.29 is 29.2 Å². The fourth-order valence-electron chi connectivity index (χ4n) is 3.74. The maximum atomic E-state index is 12.5. The van der Waals surface area contributed by atoms with E-state index in [0.717, 1.165) is 23.1 Å². The van der Waals surface area contributed by atoms with Crippen LogP contribution in [0, 0.1) is 0 Å². The molecule has 0 amide bonds. The molecule has 36 heavy (non-hydrogen) atoms. The summed E-state index contributed by atoms with van der Waals surface area (Å²) in [7, 11) is -3.37. The van der Waals surface area contributed by atoms with Crippen molar-refractivity contribution >= 4 is 7.37 Å². The topological polar surface area (TPSA) is 99.5 Å². The van der Waals surface area contributed by atoms with Gasteiger partial charge in [0.2, 0.25) is 7.37 Å². The minimum Gasteiger partial charge on any atom is -0.484 e. The van der Waals surface area contributed by atoms with Crippen LogP contribution in [-0.4, -0.2) is 51.9 Å². The second kappa shape index (κ2) is 14.2. The van der Waals surface area contributed by atoms with Crippen LogP contribution >= 0.6 is 7.37 Å². The molecule has 0 saturated carbocycles. The second-order valence-corrected chi connectivity index (χ2v) is 11.4. The highest BCUT2D eigenvalue weighted by atomic mass is 31.2. The van der Waals surface area contributed by atoms with Crippen LogP contribution in [0.3, 0.4) is 0 Å². The molecule has 0 aliphatic carbocycles. The van der Waals surface area contributed by atoms with E-state index < -0.39 is 13.5 Å². The van der Waals surface area contributed by atoms with Crippen molar-refractivity contribution in [1.29, 1.82) is 0 Å². The van der Waals surface area contributed by atoms with Gasteiger partial charge in [-0.1, -0.05) is 54.6 Å². The minimum atomic E-state index is -3.37. The van der Waals surface area contributed by atoms with E-state index in [4.69, 9.17) is 9.57 Å². The fraction of sp³-hybridized carbons (Fsp3) is 0.357. The number of aliphatic hydroxyl groups excluding tert-OH is 2. The Bertz CT molecular complexity index is 1090. The molecule has 2 atom stereocenters. The van der Waals surface area contributed by atoms with Gasteiger partial charge in [0, 0.05) is 12.7 Å². The lowest BCUT2D eigenvalue weighted by atomic mass is 10.1. The highest BCUT2D eigenvalue weighted by Crippen LogP contribution is 2.41. The summed E-state index contributed by atoms with van der Waals surface area (Å²) in [6, 6.07) is 24.6. The smallest absolute Gasteiger partial charge is 0.236 e. The Morgan fingerprint density at radius 3 is 2.28 bits per heavy atom. The molecule has 3 aromatic rings. The van der Waals surface area contributed by atoms with Crippen molar-refractivity contribution in [2.45, 2.75) is 38.9 Å². The van der Waals surface area contributed by atoms with Gasteiger partial charge in [-0.25, -0.2) is 0 Å². The van der Waals surface area contributed by atoms with Crippen molar-refractivity contribution in [3.05, 3.63) is 95.6 Å². The van der Waals surface area contributed by atoms with E-state index in [0.29, 0.717) is 37.4 Å². The van der Waals surface area contributed by atoms with Crippen LogP contribution < -0.4 is 9.57 Å². The number of hydrogen-bond donors (Lipinski definition) is 3. The molecule has 0 aromatic heterocycles. The molecule has 2 unspecified atom stereocenters. The van der Waals surface area contributed by atoms with Gasteiger partial charge in [0.15, 0.2) is 6.35 Å². The molecule has 0 radical (unpaired) electrons. The number of hydrogen-bond acceptors (Lipinski definition) is 6. The maximum Gasteiger partial charge on any atom is 0.236 e. The van der Waals surface area contributed by atoms with Crippen LogP contribution in [0.4, 0.5) is 0 Å². The Morgan fingerprint density at radius 1 is 0.889 bits per heavy atom. The SMILES string of the molecule is CC(O)CN(CCc1ccc(OCP(=O)(O)CCCc2ccccc2)cc1)Oc1cccc(CO)c1. The normalized spacial score (nSPS) is 13.8. The van der Waals surface area contributed by atoms with Crippen LogP contribution in [0.15, 0.2) is 78.9 Å². The van der Waals surface area contributed by atoms with Crippen molar-refractivity contribution in [2.24, 2.45) is 0 Å². The highest BCUT2D eigenvalue weighted by Gasteiger charge is 2.19. The second-order valence-electron chi connectivity index (χ2n) is 8.96. The largest absolute Gasteiger partial charge is 0.484 e. The predicted octanol–water partition coefficient (Wildman–Crippen LogP) is 4.64. The summed E-state index contributed by atoms with van der Waals surface area (Å²) in [5.41, 5.74) is 2.95. The summed E-state index contributed by atoms with van der Waals surface area (Å²) in [5, 5.41) is 20.9.